The van der Waals surface area contributed by atoms with Crippen LogP contribution in [0.5, 0.6) is 5.75 Å². The molecule has 8 heteroatoms. The number of aromatic nitrogens is 4. The van der Waals surface area contributed by atoms with Crippen LogP contribution < -0.4 is 4.74 Å². The number of benzene rings is 2. The van der Waals surface area contributed by atoms with Gasteiger partial charge in [-0.25, -0.2) is 8.78 Å². The van der Waals surface area contributed by atoms with Crippen molar-refractivity contribution in [3.05, 3.63) is 59.7 Å². The van der Waals surface area contributed by atoms with Crippen LogP contribution in [0.4, 0.5) is 8.78 Å². The first-order valence-electron chi connectivity index (χ1n) is 7.72. The smallest absolute Gasteiger partial charge is 0.214 e. The normalized spacial score (nSPS) is 12.2. The van der Waals surface area contributed by atoms with Crippen molar-refractivity contribution >= 4 is 11.8 Å². The minimum atomic E-state index is -0.603. The molecule has 1 heterocycles. The van der Waals surface area contributed by atoms with Crippen molar-refractivity contribution in [2.75, 3.05) is 6.61 Å². The standard InChI is InChI=1S/C17H16F2N4OS/c1-3-24-16-7-5-4-6-15(16)23-17(20-21-22-23)25-11(2)13-9-8-12(18)10-14(13)19/h4-11H,3H2,1-2H3/t11-/m1/s1. The summed E-state index contributed by atoms with van der Waals surface area (Å²) in [6.07, 6.45) is 0. The van der Waals surface area contributed by atoms with Crippen LogP contribution in [0.25, 0.3) is 5.69 Å². The number of thioether (sulfide) groups is 1. The van der Waals surface area contributed by atoms with Gasteiger partial charge < -0.3 is 4.74 Å². The van der Waals surface area contributed by atoms with Crippen LogP contribution in [0, 0.1) is 11.6 Å². The Labute approximate surface area is 148 Å². The largest absolute Gasteiger partial charge is 0.492 e. The predicted octanol–water partition coefficient (Wildman–Crippen LogP) is 4.19. The molecule has 0 amide bonds. The maximum absolute atomic E-state index is 14.0. The summed E-state index contributed by atoms with van der Waals surface area (Å²) < 4.78 is 34.2. The SMILES string of the molecule is CCOc1ccccc1-n1nnnc1S[C@H](C)c1ccc(F)cc1F. The molecule has 2 aromatic carbocycles. The molecule has 0 saturated carbocycles. The first-order valence-corrected chi connectivity index (χ1v) is 8.60. The summed E-state index contributed by atoms with van der Waals surface area (Å²) in [4.78, 5) is 0. The number of nitrogens with zero attached hydrogens (tertiary/aromatic N) is 4. The molecule has 3 rings (SSSR count). The average molecular weight is 362 g/mol. The van der Waals surface area contributed by atoms with Crippen LogP contribution in [0.1, 0.15) is 24.7 Å². The molecule has 0 aliphatic heterocycles. The summed E-state index contributed by atoms with van der Waals surface area (Å²) in [5, 5.41) is 11.9. The molecular formula is C17H16F2N4OS. The Morgan fingerprint density at radius 1 is 1.20 bits per heavy atom. The van der Waals surface area contributed by atoms with Crippen molar-refractivity contribution < 1.29 is 13.5 Å². The van der Waals surface area contributed by atoms with E-state index in [4.69, 9.17) is 4.74 Å². The number of hydrogen-bond acceptors (Lipinski definition) is 5. The molecule has 1 atom stereocenters. The van der Waals surface area contributed by atoms with Crippen molar-refractivity contribution in [2.24, 2.45) is 0 Å². The fourth-order valence-electron chi connectivity index (χ4n) is 2.37. The number of rotatable bonds is 6. The van der Waals surface area contributed by atoms with Gasteiger partial charge in [0.2, 0.25) is 5.16 Å². The Kier molecular flexibility index (Phi) is 5.28. The predicted molar refractivity (Wildman–Crippen MR) is 91.0 cm³/mol. The Morgan fingerprint density at radius 3 is 2.76 bits per heavy atom. The summed E-state index contributed by atoms with van der Waals surface area (Å²) >= 11 is 1.28. The zero-order valence-corrected chi connectivity index (χ0v) is 14.5. The second kappa shape index (κ2) is 7.60. The van der Waals surface area contributed by atoms with Crippen LogP contribution in [-0.4, -0.2) is 26.8 Å². The highest BCUT2D eigenvalue weighted by molar-refractivity contribution is 7.99. The summed E-state index contributed by atoms with van der Waals surface area (Å²) in [6, 6.07) is 10.9. The number of hydrogen-bond donors (Lipinski definition) is 0. The fourth-order valence-corrected chi connectivity index (χ4v) is 3.32. The molecule has 0 aliphatic carbocycles. The molecule has 0 fully saturated rings. The first-order chi connectivity index (χ1) is 12.1. The number of para-hydroxylation sites is 2. The van der Waals surface area contributed by atoms with E-state index < -0.39 is 11.6 Å². The van der Waals surface area contributed by atoms with Gasteiger partial charge in [-0.1, -0.05) is 30.0 Å². The molecule has 0 bridgehead atoms. The molecule has 25 heavy (non-hydrogen) atoms. The average Bonchev–Trinajstić information content (AvgIpc) is 3.03. The minimum Gasteiger partial charge on any atom is -0.492 e. The lowest BCUT2D eigenvalue weighted by molar-refractivity contribution is 0.337. The van der Waals surface area contributed by atoms with Crippen LogP contribution in [0.15, 0.2) is 47.6 Å². The highest BCUT2D eigenvalue weighted by Crippen LogP contribution is 2.36. The molecule has 5 nitrogen and oxygen atoms in total. The quantitative estimate of drug-likeness (QED) is 0.616. The van der Waals surface area contributed by atoms with Crippen LogP contribution in [0.3, 0.4) is 0 Å². The van der Waals surface area contributed by atoms with Crippen molar-refractivity contribution in [1.82, 2.24) is 20.2 Å². The van der Waals surface area contributed by atoms with Gasteiger partial charge in [0.15, 0.2) is 0 Å². The maximum Gasteiger partial charge on any atom is 0.214 e. The zero-order chi connectivity index (χ0) is 17.8. The third-order valence-corrected chi connectivity index (χ3v) is 4.59. The van der Waals surface area contributed by atoms with Crippen molar-refractivity contribution in [3.8, 4) is 11.4 Å². The van der Waals surface area contributed by atoms with E-state index in [0.29, 0.717) is 28.8 Å². The van der Waals surface area contributed by atoms with Gasteiger partial charge in [-0.15, -0.1) is 5.10 Å². The topological polar surface area (TPSA) is 52.8 Å². The molecule has 0 aliphatic rings. The molecule has 0 radical (unpaired) electrons. The van der Waals surface area contributed by atoms with Crippen molar-refractivity contribution in [2.45, 2.75) is 24.3 Å². The van der Waals surface area contributed by atoms with E-state index in [9.17, 15) is 8.78 Å². The van der Waals surface area contributed by atoms with Gasteiger partial charge in [-0.2, -0.15) is 4.68 Å². The van der Waals surface area contributed by atoms with E-state index in [1.165, 1.54) is 23.9 Å². The summed E-state index contributed by atoms with van der Waals surface area (Å²) in [5.74, 6) is -0.539. The molecule has 1 aromatic heterocycles. The summed E-state index contributed by atoms with van der Waals surface area (Å²) in [7, 11) is 0. The van der Waals surface area contributed by atoms with Gasteiger partial charge in [0.25, 0.3) is 0 Å². The molecule has 130 valence electrons. The van der Waals surface area contributed by atoms with Crippen molar-refractivity contribution in [3.63, 3.8) is 0 Å². The van der Waals surface area contributed by atoms with E-state index in [2.05, 4.69) is 15.5 Å². The monoisotopic (exact) mass is 362 g/mol. The molecular weight excluding hydrogens is 346 g/mol. The zero-order valence-electron chi connectivity index (χ0n) is 13.7. The van der Waals surface area contributed by atoms with E-state index in [1.54, 1.807) is 4.68 Å². The Morgan fingerprint density at radius 2 is 2.00 bits per heavy atom. The molecule has 0 spiro atoms. The van der Waals surface area contributed by atoms with Gasteiger partial charge >= 0.3 is 0 Å². The lowest BCUT2D eigenvalue weighted by atomic mass is 10.1. The van der Waals surface area contributed by atoms with Gasteiger partial charge in [-0.3, -0.25) is 0 Å². The van der Waals surface area contributed by atoms with E-state index in [0.717, 1.165) is 6.07 Å². The third kappa shape index (κ3) is 3.79. The fraction of sp³-hybridized carbons (Fsp3) is 0.235. The molecule has 0 N–H and O–H groups in total. The number of tetrazole rings is 1. The Bertz CT molecular complexity index is 871. The first kappa shape index (κ1) is 17.3. The Hall–Kier alpha value is -2.48. The lowest BCUT2D eigenvalue weighted by Crippen LogP contribution is -2.04. The summed E-state index contributed by atoms with van der Waals surface area (Å²) in [6.45, 7) is 4.22. The lowest BCUT2D eigenvalue weighted by Gasteiger charge is -2.14. The van der Waals surface area contributed by atoms with Gasteiger partial charge in [-0.05, 0) is 42.5 Å². The van der Waals surface area contributed by atoms with Crippen LogP contribution in [0.2, 0.25) is 0 Å². The third-order valence-electron chi connectivity index (χ3n) is 3.52. The highest BCUT2D eigenvalue weighted by Gasteiger charge is 2.19. The maximum atomic E-state index is 14.0. The minimum absolute atomic E-state index is 0.301. The molecule has 0 saturated heterocycles. The molecule has 0 unspecified atom stereocenters. The highest BCUT2D eigenvalue weighted by atomic mass is 32.2. The van der Waals surface area contributed by atoms with E-state index in [-0.39, 0.29) is 5.25 Å². The number of halogens is 2. The second-order valence-corrected chi connectivity index (χ2v) is 6.51. The molecule has 3 aromatic rings. The van der Waals surface area contributed by atoms with Gasteiger partial charge in [0.1, 0.15) is 23.1 Å². The van der Waals surface area contributed by atoms with Crippen LogP contribution in [-0.2, 0) is 0 Å². The van der Waals surface area contributed by atoms with Gasteiger partial charge in [0, 0.05) is 16.9 Å². The van der Waals surface area contributed by atoms with E-state index in [1.807, 2.05) is 38.1 Å². The number of ether oxygens (including phenoxy) is 1. The Balaban J connectivity index is 1.90. The van der Waals surface area contributed by atoms with Gasteiger partial charge in [0.05, 0.1) is 6.61 Å². The van der Waals surface area contributed by atoms with E-state index >= 15 is 0 Å². The van der Waals surface area contributed by atoms with Crippen LogP contribution >= 0.6 is 11.8 Å². The second-order valence-electron chi connectivity index (χ2n) is 5.20. The summed E-state index contributed by atoms with van der Waals surface area (Å²) in [5.41, 5.74) is 1.09. The van der Waals surface area contributed by atoms with Crippen molar-refractivity contribution in [1.29, 1.82) is 0 Å².